The van der Waals surface area contributed by atoms with Gasteiger partial charge in [-0.2, -0.15) is 5.26 Å². The van der Waals surface area contributed by atoms with Gasteiger partial charge in [0.2, 0.25) is 0 Å². The van der Waals surface area contributed by atoms with Crippen LogP contribution in [0, 0.1) is 25.2 Å². The Morgan fingerprint density at radius 2 is 1.74 bits per heavy atom. The first kappa shape index (κ1) is 21.0. The molecule has 0 spiro atoms. The predicted molar refractivity (Wildman–Crippen MR) is 128 cm³/mol. The molecule has 0 fully saturated rings. The first-order valence-electron chi connectivity index (χ1n) is 10.4. The van der Waals surface area contributed by atoms with Gasteiger partial charge in [-0.1, -0.05) is 42.5 Å². The van der Waals surface area contributed by atoms with Gasteiger partial charge in [-0.15, -0.1) is 12.4 Å². The molecular weight excluding hydrogens is 404 g/mol. The van der Waals surface area contributed by atoms with Crippen molar-refractivity contribution in [3.05, 3.63) is 94.3 Å². The van der Waals surface area contributed by atoms with E-state index in [9.17, 15) is 5.26 Å². The Morgan fingerprint density at radius 1 is 1.00 bits per heavy atom. The van der Waals surface area contributed by atoms with Crippen LogP contribution < -0.4 is 4.90 Å². The van der Waals surface area contributed by atoms with E-state index < -0.39 is 0 Å². The summed E-state index contributed by atoms with van der Waals surface area (Å²) in [5, 5.41) is 10.8. The molecule has 0 saturated heterocycles. The number of fused-ring (bicyclic) bond motifs is 2. The molecule has 4 aromatic rings. The minimum atomic E-state index is 0. The second kappa shape index (κ2) is 8.45. The van der Waals surface area contributed by atoms with Crippen LogP contribution in [0.4, 0.5) is 5.82 Å². The number of anilines is 1. The number of hydrogen-bond acceptors (Lipinski definition) is 3. The molecule has 4 nitrogen and oxygen atoms in total. The third kappa shape index (κ3) is 3.56. The van der Waals surface area contributed by atoms with Gasteiger partial charge in [0.05, 0.1) is 17.1 Å². The summed E-state index contributed by atoms with van der Waals surface area (Å²) in [6, 6.07) is 21.0. The molecule has 0 aliphatic carbocycles. The van der Waals surface area contributed by atoms with Crippen LogP contribution in [0.1, 0.15) is 33.5 Å². The number of benzene rings is 2. The Balaban J connectivity index is 0.00000231. The van der Waals surface area contributed by atoms with Crippen molar-refractivity contribution in [1.82, 2.24) is 9.55 Å². The fourth-order valence-electron chi connectivity index (χ4n) is 4.62. The van der Waals surface area contributed by atoms with E-state index in [0.29, 0.717) is 6.54 Å². The molecule has 2 aromatic carbocycles. The smallest absolute Gasteiger partial charge is 0.153 e. The normalized spacial score (nSPS) is 12.9. The average molecular weight is 429 g/mol. The maximum absolute atomic E-state index is 9.56. The van der Waals surface area contributed by atoms with Crippen LogP contribution in [0.3, 0.4) is 0 Å². The topological polar surface area (TPSA) is 44.9 Å². The second-order valence-corrected chi connectivity index (χ2v) is 8.04. The van der Waals surface area contributed by atoms with Crippen molar-refractivity contribution >= 4 is 29.1 Å². The van der Waals surface area contributed by atoms with Crippen molar-refractivity contribution in [3.63, 3.8) is 0 Å². The Bertz CT molecular complexity index is 1300. The highest BCUT2D eigenvalue weighted by molar-refractivity contribution is 5.93. The highest BCUT2D eigenvalue weighted by Crippen LogP contribution is 2.34. The molecule has 5 heteroatoms. The van der Waals surface area contributed by atoms with Gasteiger partial charge in [0, 0.05) is 36.9 Å². The summed E-state index contributed by atoms with van der Waals surface area (Å²) in [5.41, 5.74) is 8.26. The molecule has 1 aliphatic heterocycles. The fourth-order valence-corrected chi connectivity index (χ4v) is 4.62. The predicted octanol–water partition coefficient (Wildman–Crippen LogP) is 5.56. The first-order valence-corrected chi connectivity index (χ1v) is 10.4. The van der Waals surface area contributed by atoms with Crippen molar-refractivity contribution < 1.29 is 0 Å². The molecule has 0 atom stereocenters. The van der Waals surface area contributed by atoms with Crippen molar-refractivity contribution in [2.75, 3.05) is 11.4 Å². The van der Waals surface area contributed by atoms with Crippen LogP contribution in [0.5, 0.6) is 0 Å². The standard InChI is InChI=1S/C26H24N4.ClH/c1-18-19(2)30(17-23-10-6-4-8-21(23)15-27)25-24(18)11-13-28-26(25)29-14-12-20-7-3-5-9-22(20)16-29;/h3-11,13H,12,14,16-17H2,1-2H3;1H. The quantitative estimate of drug-likeness (QED) is 0.429. The van der Waals surface area contributed by atoms with E-state index in [4.69, 9.17) is 4.98 Å². The molecule has 2 aromatic heterocycles. The lowest BCUT2D eigenvalue weighted by molar-refractivity contribution is 0.717. The van der Waals surface area contributed by atoms with Crippen molar-refractivity contribution in [2.45, 2.75) is 33.4 Å². The molecule has 156 valence electrons. The lowest BCUT2D eigenvalue weighted by Crippen LogP contribution is -2.31. The molecule has 0 bridgehead atoms. The van der Waals surface area contributed by atoms with Crippen LogP contribution >= 0.6 is 12.4 Å². The molecule has 0 unspecified atom stereocenters. The Labute approximate surface area is 189 Å². The Morgan fingerprint density at radius 3 is 2.55 bits per heavy atom. The Kier molecular flexibility index (Phi) is 5.71. The molecule has 0 amide bonds. The van der Waals surface area contributed by atoms with Gasteiger partial charge in [-0.3, -0.25) is 0 Å². The summed E-state index contributed by atoms with van der Waals surface area (Å²) >= 11 is 0. The first-order chi connectivity index (χ1) is 14.7. The van der Waals surface area contributed by atoms with E-state index in [1.165, 1.54) is 33.3 Å². The third-order valence-electron chi connectivity index (χ3n) is 6.42. The number of nitriles is 1. The zero-order valence-electron chi connectivity index (χ0n) is 17.8. The summed E-state index contributed by atoms with van der Waals surface area (Å²) in [6.45, 7) is 6.85. The number of aromatic nitrogens is 2. The number of nitrogens with zero attached hydrogens (tertiary/aromatic N) is 4. The number of pyridine rings is 1. The van der Waals surface area contributed by atoms with E-state index in [1.807, 2.05) is 30.5 Å². The molecule has 0 N–H and O–H groups in total. The summed E-state index contributed by atoms with van der Waals surface area (Å²) < 4.78 is 2.34. The molecule has 5 rings (SSSR count). The van der Waals surface area contributed by atoms with E-state index in [1.54, 1.807) is 0 Å². The van der Waals surface area contributed by atoms with Crippen LogP contribution in [0.15, 0.2) is 60.8 Å². The van der Waals surface area contributed by atoms with Gasteiger partial charge < -0.3 is 9.47 Å². The van der Waals surface area contributed by atoms with E-state index >= 15 is 0 Å². The van der Waals surface area contributed by atoms with Gasteiger partial charge in [0.1, 0.15) is 0 Å². The van der Waals surface area contributed by atoms with Gasteiger partial charge in [-0.05, 0) is 54.7 Å². The average Bonchev–Trinajstić information content (AvgIpc) is 3.04. The lowest BCUT2D eigenvalue weighted by Gasteiger charge is -2.30. The summed E-state index contributed by atoms with van der Waals surface area (Å²) in [7, 11) is 0. The summed E-state index contributed by atoms with van der Waals surface area (Å²) in [6.07, 6.45) is 2.96. The van der Waals surface area contributed by atoms with Crippen molar-refractivity contribution in [3.8, 4) is 6.07 Å². The fraction of sp³-hybridized carbons (Fsp3) is 0.231. The van der Waals surface area contributed by atoms with Crippen molar-refractivity contribution in [2.24, 2.45) is 0 Å². The van der Waals surface area contributed by atoms with E-state index in [-0.39, 0.29) is 12.4 Å². The zero-order valence-corrected chi connectivity index (χ0v) is 18.6. The summed E-state index contributed by atoms with van der Waals surface area (Å²) in [5.74, 6) is 1.03. The minimum Gasteiger partial charge on any atom is -0.350 e. The molecular formula is C26H25ClN4. The number of rotatable bonds is 3. The zero-order chi connectivity index (χ0) is 20.7. The minimum absolute atomic E-state index is 0. The maximum atomic E-state index is 9.56. The number of halogens is 1. The number of hydrogen-bond donors (Lipinski definition) is 0. The van der Waals surface area contributed by atoms with Crippen LogP contribution in [-0.2, 0) is 19.5 Å². The molecule has 31 heavy (non-hydrogen) atoms. The largest absolute Gasteiger partial charge is 0.350 e. The molecule has 0 saturated carbocycles. The van der Waals surface area contributed by atoms with Gasteiger partial charge in [0.25, 0.3) is 0 Å². The van der Waals surface area contributed by atoms with Crippen LogP contribution in [0.25, 0.3) is 10.9 Å². The van der Waals surface area contributed by atoms with Crippen LogP contribution in [-0.4, -0.2) is 16.1 Å². The SMILES string of the molecule is Cc1c(C)n(Cc2ccccc2C#N)c2c(N3CCc4ccccc4C3)nccc12.Cl. The highest BCUT2D eigenvalue weighted by Gasteiger charge is 2.23. The van der Waals surface area contributed by atoms with Gasteiger partial charge in [-0.25, -0.2) is 4.98 Å². The molecule has 1 aliphatic rings. The third-order valence-corrected chi connectivity index (χ3v) is 6.42. The second-order valence-electron chi connectivity index (χ2n) is 8.04. The molecule has 0 radical (unpaired) electrons. The van der Waals surface area contributed by atoms with Gasteiger partial charge in [0.15, 0.2) is 5.82 Å². The summed E-state index contributed by atoms with van der Waals surface area (Å²) in [4.78, 5) is 7.24. The van der Waals surface area contributed by atoms with E-state index in [2.05, 4.69) is 59.7 Å². The number of aryl methyl sites for hydroxylation is 1. The highest BCUT2D eigenvalue weighted by atomic mass is 35.5. The Hall–Kier alpha value is -3.29. The van der Waals surface area contributed by atoms with E-state index in [0.717, 1.165) is 36.5 Å². The van der Waals surface area contributed by atoms with Crippen LogP contribution in [0.2, 0.25) is 0 Å². The van der Waals surface area contributed by atoms with Crippen molar-refractivity contribution in [1.29, 1.82) is 5.26 Å². The van der Waals surface area contributed by atoms with Gasteiger partial charge >= 0.3 is 0 Å². The monoisotopic (exact) mass is 428 g/mol. The maximum Gasteiger partial charge on any atom is 0.153 e. The molecule has 3 heterocycles. The lowest BCUT2D eigenvalue weighted by atomic mass is 10.00.